The van der Waals surface area contributed by atoms with Gasteiger partial charge in [0.2, 0.25) is 0 Å². The van der Waals surface area contributed by atoms with Crippen molar-refractivity contribution >= 4 is 17.5 Å². The van der Waals surface area contributed by atoms with E-state index in [1.165, 1.54) is 14.2 Å². The molecule has 0 saturated carbocycles. The lowest BCUT2D eigenvalue weighted by atomic mass is 9.91. The van der Waals surface area contributed by atoms with Crippen molar-refractivity contribution in [1.29, 1.82) is 0 Å². The molecule has 1 saturated heterocycles. The molecule has 116 valence electrons. The van der Waals surface area contributed by atoms with Crippen molar-refractivity contribution in [3.05, 3.63) is 22.7 Å². The number of halogens is 1. The van der Waals surface area contributed by atoms with Gasteiger partial charge in [-0.2, -0.15) is 0 Å². The number of methoxy groups -OCH3 is 2. The van der Waals surface area contributed by atoms with E-state index in [1.54, 1.807) is 12.1 Å². The average molecular weight is 312 g/mol. The van der Waals surface area contributed by atoms with Crippen molar-refractivity contribution in [2.75, 3.05) is 27.3 Å². The van der Waals surface area contributed by atoms with Gasteiger partial charge in [0.25, 0.3) is 5.91 Å². The summed E-state index contributed by atoms with van der Waals surface area (Å²) in [5, 5.41) is 0.387. The fraction of sp³-hybridized carbons (Fsp3) is 0.562. The Morgan fingerprint density at radius 1 is 1.19 bits per heavy atom. The summed E-state index contributed by atoms with van der Waals surface area (Å²) in [5.41, 5.74) is 0.541. The van der Waals surface area contributed by atoms with E-state index in [0.717, 1.165) is 19.5 Å². The van der Waals surface area contributed by atoms with Gasteiger partial charge in [-0.15, -0.1) is 0 Å². The van der Waals surface area contributed by atoms with Crippen molar-refractivity contribution < 1.29 is 14.3 Å². The third-order valence-corrected chi connectivity index (χ3v) is 4.12. The lowest BCUT2D eigenvalue weighted by molar-refractivity contribution is 0.0622. The number of hydrogen-bond acceptors (Lipinski definition) is 3. The van der Waals surface area contributed by atoms with E-state index < -0.39 is 0 Å². The van der Waals surface area contributed by atoms with Crippen molar-refractivity contribution in [2.24, 2.45) is 11.8 Å². The van der Waals surface area contributed by atoms with Crippen LogP contribution in [0.5, 0.6) is 11.5 Å². The first-order valence-corrected chi connectivity index (χ1v) is 7.54. The molecule has 0 aromatic heterocycles. The predicted molar refractivity (Wildman–Crippen MR) is 83.4 cm³/mol. The molecule has 1 fully saturated rings. The number of benzene rings is 1. The minimum Gasteiger partial charge on any atom is -0.493 e. The van der Waals surface area contributed by atoms with Gasteiger partial charge < -0.3 is 14.4 Å². The molecule has 0 aliphatic carbocycles. The molecule has 5 heteroatoms. The first kappa shape index (κ1) is 16.0. The second-order valence-electron chi connectivity index (χ2n) is 5.85. The highest BCUT2D eigenvalue weighted by Crippen LogP contribution is 2.36. The molecule has 4 nitrogen and oxygen atoms in total. The Bertz CT molecular complexity index is 522. The van der Waals surface area contributed by atoms with Crippen LogP contribution < -0.4 is 9.47 Å². The number of piperidine rings is 1. The first-order chi connectivity index (χ1) is 9.96. The van der Waals surface area contributed by atoms with Gasteiger partial charge in [0, 0.05) is 18.7 Å². The molecule has 1 heterocycles. The summed E-state index contributed by atoms with van der Waals surface area (Å²) in [4.78, 5) is 14.6. The summed E-state index contributed by atoms with van der Waals surface area (Å²) in [6, 6.07) is 3.34. The maximum Gasteiger partial charge on any atom is 0.254 e. The molecule has 0 unspecified atom stereocenters. The number of rotatable bonds is 3. The minimum atomic E-state index is -0.00347. The maximum absolute atomic E-state index is 12.7. The van der Waals surface area contributed by atoms with Crippen LogP contribution in [-0.4, -0.2) is 38.1 Å². The zero-order valence-corrected chi connectivity index (χ0v) is 13.7. The molecule has 2 atom stereocenters. The molecule has 1 aliphatic rings. The van der Waals surface area contributed by atoms with Crippen molar-refractivity contribution in [3.63, 3.8) is 0 Å². The summed E-state index contributed by atoms with van der Waals surface area (Å²) >= 11 is 6.18. The van der Waals surface area contributed by atoms with Gasteiger partial charge in [-0.25, -0.2) is 0 Å². The first-order valence-electron chi connectivity index (χ1n) is 7.17. The highest BCUT2D eigenvalue weighted by molar-refractivity contribution is 6.32. The largest absolute Gasteiger partial charge is 0.493 e. The number of ether oxygens (including phenoxy) is 2. The van der Waals surface area contributed by atoms with E-state index in [2.05, 4.69) is 13.8 Å². The number of carbonyl (C=O) groups is 1. The Labute approximate surface area is 131 Å². The minimum absolute atomic E-state index is 0.00347. The summed E-state index contributed by atoms with van der Waals surface area (Å²) in [5.74, 6) is 1.97. The van der Waals surface area contributed by atoms with Gasteiger partial charge in [0.15, 0.2) is 11.5 Å². The van der Waals surface area contributed by atoms with Crippen molar-refractivity contribution in [1.82, 2.24) is 4.90 Å². The topological polar surface area (TPSA) is 38.8 Å². The van der Waals surface area contributed by atoms with Gasteiger partial charge in [0.05, 0.1) is 19.2 Å². The molecule has 2 rings (SSSR count). The second kappa shape index (κ2) is 6.56. The Balaban J connectivity index is 2.29. The van der Waals surface area contributed by atoms with Crippen LogP contribution in [0.2, 0.25) is 5.02 Å². The average Bonchev–Trinajstić information content (AvgIpc) is 2.44. The number of hydrogen-bond donors (Lipinski definition) is 0. The van der Waals surface area contributed by atoms with Crippen LogP contribution in [0.3, 0.4) is 0 Å². The van der Waals surface area contributed by atoms with E-state index in [9.17, 15) is 4.79 Å². The van der Waals surface area contributed by atoms with Crippen LogP contribution in [-0.2, 0) is 0 Å². The molecule has 1 amide bonds. The molecular weight excluding hydrogens is 290 g/mol. The Hall–Kier alpha value is -1.42. The summed E-state index contributed by atoms with van der Waals surface area (Å²) in [6.45, 7) is 5.93. The predicted octanol–water partition coefficient (Wildman–Crippen LogP) is 3.48. The Morgan fingerprint density at radius 3 is 2.33 bits per heavy atom. The number of amides is 1. The molecule has 1 aliphatic heterocycles. The lowest BCUT2D eigenvalue weighted by Gasteiger charge is -2.35. The van der Waals surface area contributed by atoms with Gasteiger partial charge >= 0.3 is 0 Å². The molecule has 0 bridgehead atoms. The summed E-state index contributed by atoms with van der Waals surface area (Å²) in [7, 11) is 3.06. The number of carbonyl (C=O) groups excluding carboxylic acids is 1. The standard InChI is InChI=1S/C16H22ClNO3/c1-10-5-11(2)9-18(8-10)16(19)12-6-13(17)15(21-4)14(7-12)20-3/h6-7,10-11H,5,8-9H2,1-4H3/t10-,11+. The second-order valence-corrected chi connectivity index (χ2v) is 6.26. The van der Waals surface area contributed by atoms with Crippen LogP contribution in [0.4, 0.5) is 0 Å². The zero-order chi connectivity index (χ0) is 15.6. The highest BCUT2D eigenvalue weighted by Gasteiger charge is 2.27. The molecular formula is C16H22ClNO3. The lowest BCUT2D eigenvalue weighted by Crippen LogP contribution is -2.42. The van der Waals surface area contributed by atoms with Crippen LogP contribution in [0.15, 0.2) is 12.1 Å². The van der Waals surface area contributed by atoms with Gasteiger partial charge in [0.1, 0.15) is 0 Å². The summed E-state index contributed by atoms with van der Waals surface area (Å²) in [6.07, 6.45) is 1.16. The van der Waals surface area contributed by atoms with E-state index in [0.29, 0.717) is 33.9 Å². The molecule has 0 N–H and O–H groups in total. The number of likely N-dealkylation sites (tertiary alicyclic amines) is 1. The third-order valence-electron chi connectivity index (χ3n) is 3.84. The van der Waals surface area contributed by atoms with E-state index in [4.69, 9.17) is 21.1 Å². The number of nitrogens with zero attached hydrogens (tertiary/aromatic N) is 1. The Kier molecular flexibility index (Phi) is 4.99. The smallest absolute Gasteiger partial charge is 0.254 e. The fourth-order valence-electron chi connectivity index (χ4n) is 3.05. The van der Waals surface area contributed by atoms with E-state index in [-0.39, 0.29) is 5.91 Å². The van der Waals surface area contributed by atoms with Crippen LogP contribution in [0.1, 0.15) is 30.6 Å². The Morgan fingerprint density at radius 2 is 1.81 bits per heavy atom. The third kappa shape index (κ3) is 3.43. The van der Waals surface area contributed by atoms with Crippen molar-refractivity contribution in [2.45, 2.75) is 20.3 Å². The highest BCUT2D eigenvalue weighted by atomic mass is 35.5. The molecule has 1 aromatic carbocycles. The monoisotopic (exact) mass is 311 g/mol. The molecule has 0 spiro atoms. The van der Waals surface area contributed by atoms with E-state index in [1.807, 2.05) is 4.90 Å². The van der Waals surface area contributed by atoms with Crippen LogP contribution in [0.25, 0.3) is 0 Å². The fourth-order valence-corrected chi connectivity index (χ4v) is 3.34. The van der Waals surface area contributed by atoms with E-state index >= 15 is 0 Å². The molecule has 21 heavy (non-hydrogen) atoms. The van der Waals surface area contributed by atoms with Gasteiger partial charge in [-0.05, 0) is 30.4 Å². The molecule has 1 aromatic rings. The van der Waals surface area contributed by atoms with Crippen molar-refractivity contribution in [3.8, 4) is 11.5 Å². The van der Waals surface area contributed by atoms with Gasteiger partial charge in [-0.3, -0.25) is 4.79 Å². The normalized spacial score (nSPS) is 22.0. The van der Waals surface area contributed by atoms with Crippen LogP contribution >= 0.6 is 11.6 Å². The molecule has 0 radical (unpaired) electrons. The SMILES string of the molecule is COc1cc(C(=O)N2C[C@H](C)C[C@H](C)C2)cc(Cl)c1OC. The summed E-state index contributed by atoms with van der Waals surface area (Å²) < 4.78 is 10.5. The van der Waals surface area contributed by atoms with Gasteiger partial charge in [-0.1, -0.05) is 25.4 Å². The maximum atomic E-state index is 12.7. The zero-order valence-electron chi connectivity index (χ0n) is 13.0. The quantitative estimate of drug-likeness (QED) is 0.858. The van der Waals surface area contributed by atoms with Crippen LogP contribution in [0, 0.1) is 11.8 Å².